The second-order valence-electron chi connectivity index (χ2n) is 3.07. The molecule has 10 heteroatoms. The lowest BCUT2D eigenvalue weighted by atomic mass is 10.3. The van der Waals surface area contributed by atoms with Crippen LogP contribution in [0.25, 0.3) is 0 Å². The van der Waals surface area contributed by atoms with E-state index < -0.39 is 34.1 Å². The molecular weight excluding hydrogens is 276 g/mol. The molecule has 1 aromatic carbocycles. The third-order valence-electron chi connectivity index (χ3n) is 1.86. The standard InChI is InChI=1S/C8H4F8N2/c9-7(10,11)8(12,13)17(14)5-1-3-6(4-2-5)18(15)16/h1-4H. The van der Waals surface area contributed by atoms with E-state index in [4.69, 9.17) is 0 Å². The Morgan fingerprint density at radius 3 is 1.44 bits per heavy atom. The molecule has 102 valence electrons. The van der Waals surface area contributed by atoms with Crippen LogP contribution in [-0.4, -0.2) is 12.2 Å². The van der Waals surface area contributed by atoms with Crippen molar-refractivity contribution in [2.75, 3.05) is 10.5 Å². The number of rotatable bonds is 3. The van der Waals surface area contributed by atoms with Gasteiger partial charge in [-0.2, -0.15) is 22.0 Å². The molecule has 0 aliphatic rings. The molecule has 2 nitrogen and oxygen atoms in total. The predicted octanol–water partition coefficient (Wildman–Crippen LogP) is 4.11. The summed E-state index contributed by atoms with van der Waals surface area (Å²) in [5.74, 6) is 0. The van der Waals surface area contributed by atoms with Crippen LogP contribution < -0.4 is 10.5 Å². The molecule has 0 saturated carbocycles. The summed E-state index contributed by atoms with van der Waals surface area (Å²) in [5.41, 5.74) is -2.00. The number of hydrogen-bond donors (Lipinski definition) is 0. The van der Waals surface area contributed by atoms with E-state index in [9.17, 15) is 35.4 Å². The molecule has 0 amide bonds. The summed E-state index contributed by atoms with van der Waals surface area (Å²) in [5, 5.41) is -3.24. The van der Waals surface area contributed by atoms with Gasteiger partial charge in [-0.3, -0.25) is 0 Å². The molecule has 0 saturated heterocycles. The lowest BCUT2D eigenvalue weighted by Gasteiger charge is -2.26. The van der Waals surface area contributed by atoms with Crippen LogP contribution in [0.4, 0.5) is 46.8 Å². The molecule has 18 heavy (non-hydrogen) atoms. The van der Waals surface area contributed by atoms with Gasteiger partial charge in [-0.05, 0) is 29.6 Å². The fraction of sp³-hybridized carbons (Fsp3) is 0.250. The van der Waals surface area contributed by atoms with Crippen molar-refractivity contribution >= 4 is 11.4 Å². The minimum Gasteiger partial charge on any atom is -0.170 e. The van der Waals surface area contributed by atoms with E-state index in [0.717, 1.165) is 0 Å². The van der Waals surface area contributed by atoms with Crippen LogP contribution in [0, 0.1) is 0 Å². The van der Waals surface area contributed by atoms with Gasteiger partial charge < -0.3 is 0 Å². The summed E-state index contributed by atoms with van der Waals surface area (Å²) >= 11 is 0. The average molecular weight is 280 g/mol. The Morgan fingerprint density at radius 1 is 0.722 bits per heavy atom. The molecule has 1 aromatic rings. The molecule has 0 aliphatic heterocycles. The van der Waals surface area contributed by atoms with Crippen molar-refractivity contribution in [2.24, 2.45) is 0 Å². The molecule has 0 unspecified atom stereocenters. The summed E-state index contributed by atoms with van der Waals surface area (Å²) in [4.78, 5) is 0. The maximum atomic E-state index is 12.9. The summed E-state index contributed by atoms with van der Waals surface area (Å²) in [6, 6.07) is -4.06. The lowest BCUT2D eigenvalue weighted by Crippen LogP contribution is -2.48. The van der Waals surface area contributed by atoms with Crippen molar-refractivity contribution in [1.82, 2.24) is 0 Å². The first-order chi connectivity index (χ1) is 8.07. The van der Waals surface area contributed by atoms with Gasteiger partial charge >= 0.3 is 12.2 Å². The number of hydrogen-bond acceptors (Lipinski definition) is 2. The highest BCUT2D eigenvalue weighted by Gasteiger charge is 2.63. The molecule has 0 atom stereocenters. The smallest absolute Gasteiger partial charge is 0.170 e. The Kier molecular flexibility index (Phi) is 3.58. The number of alkyl halides is 5. The summed E-state index contributed by atoms with van der Waals surface area (Å²) in [6.45, 7) is 0. The summed E-state index contributed by atoms with van der Waals surface area (Å²) in [7, 11) is 0. The van der Waals surface area contributed by atoms with E-state index in [0.29, 0.717) is 24.3 Å². The van der Waals surface area contributed by atoms with Gasteiger partial charge in [0.25, 0.3) is 0 Å². The minimum atomic E-state index is -6.13. The van der Waals surface area contributed by atoms with Crippen LogP contribution in [0.3, 0.4) is 0 Å². The highest BCUT2D eigenvalue weighted by molar-refractivity contribution is 5.53. The molecule has 0 spiro atoms. The average Bonchev–Trinajstić information content (AvgIpc) is 2.26. The molecule has 1 rings (SSSR count). The van der Waals surface area contributed by atoms with Gasteiger partial charge in [0.1, 0.15) is 5.69 Å². The van der Waals surface area contributed by atoms with Gasteiger partial charge in [-0.1, -0.05) is 13.4 Å². The van der Waals surface area contributed by atoms with Crippen molar-refractivity contribution in [2.45, 2.75) is 12.2 Å². The second-order valence-corrected chi connectivity index (χ2v) is 3.07. The Morgan fingerprint density at radius 2 is 1.11 bits per heavy atom. The first-order valence-corrected chi connectivity index (χ1v) is 4.19. The van der Waals surface area contributed by atoms with Gasteiger partial charge in [-0.25, -0.2) is 0 Å². The SMILES string of the molecule is FN(F)c1ccc(N(F)C(F)(F)C(F)(F)F)cc1. The first-order valence-electron chi connectivity index (χ1n) is 4.19. The van der Waals surface area contributed by atoms with Crippen molar-refractivity contribution in [3.63, 3.8) is 0 Å². The first kappa shape index (κ1) is 14.3. The van der Waals surface area contributed by atoms with Crippen molar-refractivity contribution < 1.29 is 35.4 Å². The molecule has 0 radical (unpaired) electrons. The third-order valence-corrected chi connectivity index (χ3v) is 1.86. The van der Waals surface area contributed by atoms with Crippen molar-refractivity contribution in [3.8, 4) is 0 Å². The predicted molar refractivity (Wildman–Crippen MR) is 45.7 cm³/mol. The topological polar surface area (TPSA) is 6.48 Å². The number of halogens is 8. The van der Waals surface area contributed by atoms with Crippen LogP contribution in [0.1, 0.15) is 0 Å². The van der Waals surface area contributed by atoms with E-state index in [-0.39, 0.29) is 0 Å². The van der Waals surface area contributed by atoms with Gasteiger partial charge in [0, 0.05) is 0 Å². The Balaban J connectivity index is 3.01. The van der Waals surface area contributed by atoms with Crippen LogP contribution in [0.2, 0.25) is 0 Å². The number of nitrogens with zero attached hydrogens (tertiary/aromatic N) is 2. The van der Waals surface area contributed by atoms with Crippen LogP contribution in [0.5, 0.6) is 0 Å². The Labute approximate surface area is 94.8 Å². The molecule has 0 bridgehead atoms. The van der Waals surface area contributed by atoms with Gasteiger partial charge in [0.15, 0.2) is 0 Å². The molecule has 0 aromatic heterocycles. The van der Waals surface area contributed by atoms with E-state index in [1.165, 1.54) is 0 Å². The monoisotopic (exact) mass is 280 g/mol. The maximum Gasteiger partial charge on any atom is 0.478 e. The number of benzene rings is 1. The maximum absolute atomic E-state index is 12.9. The van der Waals surface area contributed by atoms with Gasteiger partial charge in [0.2, 0.25) is 0 Å². The summed E-state index contributed by atoms with van der Waals surface area (Å²) < 4.78 is 97.3. The number of anilines is 2. The van der Waals surface area contributed by atoms with Gasteiger partial charge in [0.05, 0.1) is 5.69 Å². The zero-order valence-corrected chi connectivity index (χ0v) is 8.23. The fourth-order valence-corrected chi connectivity index (χ4v) is 0.970. The quantitative estimate of drug-likeness (QED) is 0.467. The molecule has 0 heterocycles. The second kappa shape index (κ2) is 4.50. The van der Waals surface area contributed by atoms with E-state index in [1.807, 2.05) is 0 Å². The molecule has 0 N–H and O–H groups in total. The lowest BCUT2D eigenvalue weighted by molar-refractivity contribution is -0.292. The highest BCUT2D eigenvalue weighted by Crippen LogP contribution is 2.41. The fourth-order valence-electron chi connectivity index (χ4n) is 0.970. The Hall–Kier alpha value is -1.74. The molecule has 0 fully saturated rings. The van der Waals surface area contributed by atoms with Crippen LogP contribution in [-0.2, 0) is 0 Å². The minimum absolute atomic E-state index is 0.362. The van der Waals surface area contributed by atoms with E-state index in [2.05, 4.69) is 0 Å². The van der Waals surface area contributed by atoms with E-state index in [1.54, 1.807) is 0 Å². The third kappa shape index (κ3) is 2.57. The normalized spacial score (nSPS) is 12.4. The van der Waals surface area contributed by atoms with Crippen LogP contribution >= 0.6 is 0 Å². The van der Waals surface area contributed by atoms with Crippen LogP contribution in [0.15, 0.2) is 24.3 Å². The molecular formula is C8H4F8N2. The summed E-state index contributed by atoms with van der Waals surface area (Å²) in [6.07, 6.45) is -6.13. The largest absolute Gasteiger partial charge is 0.478 e. The van der Waals surface area contributed by atoms with E-state index >= 15 is 0 Å². The highest BCUT2D eigenvalue weighted by atomic mass is 19.4. The zero-order valence-electron chi connectivity index (χ0n) is 8.23. The van der Waals surface area contributed by atoms with Crippen molar-refractivity contribution in [1.29, 1.82) is 0 Å². The molecule has 0 aliphatic carbocycles. The Bertz CT molecular complexity index is 399. The van der Waals surface area contributed by atoms with Crippen molar-refractivity contribution in [3.05, 3.63) is 24.3 Å². The zero-order chi connectivity index (χ0) is 14.1. The van der Waals surface area contributed by atoms with Gasteiger partial charge in [-0.15, -0.1) is 5.12 Å².